The van der Waals surface area contributed by atoms with Crippen LogP contribution in [0.3, 0.4) is 0 Å². The number of hydrogen-bond acceptors (Lipinski definition) is 4. The van der Waals surface area contributed by atoms with E-state index >= 15 is 0 Å². The maximum absolute atomic E-state index is 14.1. The van der Waals surface area contributed by atoms with Crippen LogP contribution in [0.4, 0.5) is 10.1 Å². The van der Waals surface area contributed by atoms with Crippen molar-refractivity contribution in [3.8, 4) is 0 Å². The van der Waals surface area contributed by atoms with E-state index in [4.69, 9.17) is 0 Å². The molecule has 2 aliphatic heterocycles. The number of hydrogen-bond donors (Lipinski definition) is 0. The van der Waals surface area contributed by atoms with E-state index in [1.165, 1.54) is 10.9 Å². The zero-order valence-corrected chi connectivity index (χ0v) is 18.5. The second-order valence-electron chi connectivity index (χ2n) is 8.13. The topological polar surface area (TPSA) is 43.9 Å². The molecular formula is C25H24FN3O2S. The molecular weight excluding hydrogens is 425 g/mol. The van der Waals surface area contributed by atoms with Crippen molar-refractivity contribution in [2.75, 3.05) is 37.6 Å². The van der Waals surface area contributed by atoms with Crippen LogP contribution in [0.15, 0.2) is 60.7 Å². The van der Waals surface area contributed by atoms with Crippen molar-refractivity contribution >= 4 is 28.8 Å². The van der Waals surface area contributed by atoms with E-state index in [1.807, 2.05) is 57.2 Å². The molecule has 0 radical (unpaired) electrons. The largest absolute Gasteiger partial charge is 0.366 e. The highest BCUT2D eigenvalue weighted by molar-refractivity contribution is 7.14. The summed E-state index contributed by atoms with van der Waals surface area (Å²) in [7, 11) is 0. The quantitative estimate of drug-likeness (QED) is 0.606. The van der Waals surface area contributed by atoms with Crippen molar-refractivity contribution in [3.63, 3.8) is 0 Å². The van der Waals surface area contributed by atoms with Crippen LogP contribution < -0.4 is 4.90 Å². The number of piperazine rings is 1. The SMILES string of the molecule is O=C(c1ccccc1)N1CCc2sc(C(=O)N3CCN(c4ccccc4F)CC3)cc2C1. The minimum atomic E-state index is -0.229. The third-order valence-corrected chi connectivity index (χ3v) is 7.37. The third kappa shape index (κ3) is 4.00. The maximum atomic E-state index is 14.1. The number of rotatable bonds is 3. The lowest BCUT2D eigenvalue weighted by Crippen LogP contribution is -2.48. The van der Waals surface area contributed by atoms with Gasteiger partial charge in [0.1, 0.15) is 5.82 Å². The maximum Gasteiger partial charge on any atom is 0.264 e. The molecule has 0 spiro atoms. The van der Waals surface area contributed by atoms with E-state index in [-0.39, 0.29) is 17.6 Å². The summed E-state index contributed by atoms with van der Waals surface area (Å²) >= 11 is 1.54. The van der Waals surface area contributed by atoms with Crippen LogP contribution in [0.1, 0.15) is 30.5 Å². The van der Waals surface area contributed by atoms with Gasteiger partial charge >= 0.3 is 0 Å². The lowest BCUT2D eigenvalue weighted by molar-refractivity contribution is 0.0735. The van der Waals surface area contributed by atoms with Crippen molar-refractivity contribution in [3.05, 3.63) is 87.4 Å². The fourth-order valence-electron chi connectivity index (χ4n) is 4.39. The van der Waals surface area contributed by atoms with Crippen LogP contribution in [0.2, 0.25) is 0 Å². The number of fused-ring (bicyclic) bond motifs is 1. The Morgan fingerprint density at radius 1 is 0.812 bits per heavy atom. The zero-order chi connectivity index (χ0) is 22.1. The molecule has 1 aromatic heterocycles. The molecule has 32 heavy (non-hydrogen) atoms. The fourth-order valence-corrected chi connectivity index (χ4v) is 5.52. The van der Waals surface area contributed by atoms with Crippen molar-refractivity contribution in [1.29, 1.82) is 0 Å². The second-order valence-corrected chi connectivity index (χ2v) is 9.27. The first-order chi connectivity index (χ1) is 15.6. The first-order valence-corrected chi connectivity index (χ1v) is 11.7. The molecule has 1 fully saturated rings. The predicted octanol–water partition coefficient (Wildman–Crippen LogP) is 4.05. The molecule has 3 aromatic rings. The van der Waals surface area contributed by atoms with Gasteiger partial charge in [0.05, 0.1) is 10.6 Å². The normalized spacial score (nSPS) is 16.1. The van der Waals surface area contributed by atoms with Crippen molar-refractivity contribution in [1.82, 2.24) is 9.80 Å². The number of carbonyl (C=O) groups excluding carboxylic acids is 2. The van der Waals surface area contributed by atoms with Crippen LogP contribution in [0, 0.1) is 5.82 Å². The summed E-state index contributed by atoms with van der Waals surface area (Å²) < 4.78 is 14.1. The van der Waals surface area contributed by atoms with E-state index in [9.17, 15) is 14.0 Å². The second kappa shape index (κ2) is 8.74. The van der Waals surface area contributed by atoms with Gasteiger partial charge in [-0.05, 0) is 42.3 Å². The highest BCUT2D eigenvalue weighted by Gasteiger charge is 2.28. The van der Waals surface area contributed by atoms with E-state index < -0.39 is 0 Å². The van der Waals surface area contributed by atoms with Crippen molar-refractivity contribution in [2.45, 2.75) is 13.0 Å². The fraction of sp³-hybridized carbons (Fsp3) is 0.280. The Labute approximate surface area is 190 Å². The molecule has 0 aliphatic carbocycles. The summed E-state index contributed by atoms with van der Waals surface area (Å²) in [5, 5.41) is 0. The van der Waals surface area contributed by atoms with Gasteiger partial charge in [0, 0.05) is 49.7 Å². The lowest BCUT2D eigenvalue weighted by Gasteiger charge is -2.36. The number of amides is 2. The number of nitrogens with zero attached hydrogens (tertiary/aromatic N) is 3. The first-order valence-electron chi connectivity index (χ1n) is 10.8. The van der Waals surface area contributed by atoms with Crippen LogP contribution >= 0.6 is 11.3 Å². The Kier molecular flexibility index (Phi) is 5.66. The molecule has 5 nitrogen and oxygen atoms in total. The Balaban J connectivity index is 1.24. The Morgan fingerprint density at radius 3 is 2.28 bits per heavy atom. The van der Waals surface area contributed by atoms with Crippen LogP contribution in [0.25, 0.3) is 0 Å². The molecule has 3 heterocycles. The van der Waals surface area contributed by atoms with Gasteiger partial charge < -0.3 is 14.7 Å². The van der Waals surface area contributed by atoms with Gasteiger partial charge in [-0.2, -0.15) is 0 Å². The molecule has 0 atom stereocenters. The highest BCUT2D eigenvalue weighted by Crippen LogP contribution is 2.30. The molecule has 2 aromatic carbocycles. The van der Waals surface area contributed by atoms with Crippen LogP contribution in [-0.2, 0) is 13.0 Å². The number of thiophene rings is 1. The molecule has 0 saturated carbocycles. The summed E-state index contributed by atoms with van der Waals surface area (Å²) in [5.41, 5.74) is 2.35. The average molecular weight is 450 g/mol. The Morgan fingerprint density at radius 2 is 1.53 bits per heavy atom. The summed E-state index contributed by atoms with van der Waals surface area (Å²) in [5.74, 6) is -0.175. The molecule has 2 aliphatic rings. The van der Waals surface area contributed by atoms with Gasteiger partial charge in [0.2, 0.25) is 0 Å². The predicted molar refractivity (Wildman–Crippen MR) is 124 cm³/mol. The van der Waals surface area contributed by atoms with Crippen molar-refractivity contribution < 1.29 is 14.0 Å². The average Bonchev–Trinajstić information content (AvgIpc) is 3.27. The third-order valence-electron chi connectivity index (χ3n) is 6.15. The molecule has 164 valence electrons. The van der Waals surface area contributed by atoms with E-state index in [1.54, 1.807) is 23.5 Å². The summed E-state index contributed by atoms with van der Waals surface area (Å²) in [6.45, 7) is 3.54. The van der Waals surface area contributed by atoms with Gasteiger partial charge in [0.15, 0.2) is 0 Å². The number of para-hydroxylation sites is 1. The first kappa shape index (κ1) is 20.7. The van der Waals surface area contributed by atoms with Crippen molar-refractivity contribution in [2.24, 2.45) is 0 Å². The summed E-state index contributed by atoms with van der Waals surface area (Å²) in [4.78, 5) is 33.5. The number of benzene rings is 2. The van der Waals surface area contributed by atoms with Gasteiger partial charge in [-0.1, -0.05) is 30.3 Å². The molecule has 7 heteroatoms. The van der Waals surface area contributed by atoms with E-state index in [2.05, 4.69) is 0 Å². The minimum absolute atomic E-state index is 0.0264. The van der Waals surface area contributed by atoms with Gasteiger partial charge in [0.25, 0.3) is 11.8 Å². The van der Waals surface area contributed by atoms with E-state index in [0.717, 1.165) is 16.9 Å². The standard InChI is InChI=1S/C25H24FN3O2S/c26-20-8-4-5-9-21(20)27-12-14-28(15-13-27)25(31)23-16-19-17-29(11-10-22(19)32-23)24(30)18-6-2-1-3-7-18/h1-9,16H,10-15,17H2. The molecule has 5 rings (SSSR count). The zero-order valence-electron chi connectivity index (χ0n) is 17.7. The Hall–Kier alpha value is -3.19. The van der Waals surface area contributed by atoms with Crippen LogP contribution in [0.5, 0.6) is 0 Å². The number of carbonyl (C=O) groups is 2. The number of anilines is 1. The molecule has 0 bridgehead atoms. The molecule has 2 amide bonds. The molecule has 0 unspecified atom stereocenters. The summed E-state index contributed by atoms with van der Waals surface area (Å²) in [6, 6.07) is 18.0. The van der Waals surface area contributed by atoms with Crippen LogP contribution in [-0.4, -0.2) is 54.3 Å². The lowest BCUT2D eigenvalue weighted by atomic mass is 10.1. The monoisotopic (exact) mass is 449 g/mol. The smallest absolute Gasteiger partial charge is 0.264 e. The van der Waals surface area contributed by atoms with E-state index in [0.29, 0.717) is 50.5 Å². The molecule has 0 N–H and O–H groups in total. The van der Waals surface area contributed by atoms with Gasteiger partial charge in [-0.15, -0.1) is 11.3 Å². The highest BCUT2D eigenvalue weighted by atomic mass is 32.1. The van der Waals surface area contributed by atoms with Gasteiger partial charge in [-0.3, -0.25) is 9.59 Å². The summed E-state index contributed by atoms with van der Waals surface area (Å²) in [6.07, 6.45) is 0.771. The minimum Gasteiger partial charge on any atom is -0.366 e. The molecule has 1 saturated heterocycles. The Bertz CT molecular complexity index is 1140. The number of halogens is 1. The van der Waals surface area contributed by atoms with Gasteiger partial charge in [-0.25, -0.2) is 4.39 Å².